The van der Waals surface area contributed by atoms with Crippen LogP contribution in [0.3, 0.4) is 0 Å². The van der Waals surface area contributed by atoms with Gasteiger partial charge < -0.3 is 5.11 Å². The molecule has 0 aliphatic carbocycles. The Morgan fingerprint density at radius 1 is 1.50 bits per heavy atom. The molecule has 72 valence electrons. The molecular formula is C10H10N2O2. The van der Waals surface area contributed by atoms with E-state index in [2.05, 4.69) is 4.98 Å². The van der Waals surface area contributed by atoms with E-state index < -0.39 is 0 Å². The lowest BCUT2D eigenvalue weighted by molar-refractivity contribution is 0.101. The van der Waals surface area contributed by atoms with Crippen LogP contribution in [0.25, 0.3) is 5.65 Å². The van der Waals surface area contributed by atoms with Crippen LogP contribution >= 0.6 is 0 Å². The molecule has 0 amide bonds. The van der Waals surface area contributed by atoms with Crippen LogP contribution in [0.15, 0.2) is 18.3 Å². The second-order valence-corrected chi connectivity index (χ2v) is 3.22. The van der Waals surface area contributed by atoms with E-state index in [9.17, 15) is 9.90 Å². The van der Waals surface area contributed by atoms with Gasteiger partial charge in [-0.3, -0.25) is 9.20 Å². The van der Waals surface area contributed by atoms with Crippen LogP contribution < -0.4 is 0 Å². The molecule has 0 fully saturated rings. The van der Waals surface area contributed by atoms with Gasteiger partial charge in [0.05, 0.1) is 11.9 Å². The molecular weight excluding hydrogens is 180 g/mol. The van der Waals surface area contributed by atoms with Crippen molar-refractivity contribution in [2.45, 2.75) is 13.8 Å². The smallest absolute Gasteiger partial charge is 0.178 e. The number of carbonyl (C=O) groups excluding carboxylic acids is 1. The summed E-state index contributed by atoms with van der Waals surface area (Å²) in [6.45, 7) is 3.27. The highest BCUT2D eigenvalue weighted by molar-refractivity contribution is 5.94. The predicted molar refractivity (Wildman–Crippen MR) is 51.6 cm³/mol. The van der Waals surface area contributed by atoms with Crippen molar-refractivity contribution in [1.29, 1.82) is 0 Å². The minimum Gasteiger partial charge on any atom is -0.506 e. The van der Waals surface area contributed by atoms with Crippen molar-refractivity contribution in [1.82, 2.24) is 9.38 Å². The topological polar surface area (TPSA) is 54.6 Å². The third-order valence-corrected chi connectivity index (χ3v) is 2.11. The van der Waals surface area contributed by atoms with Gasteiger partial charge in [0.15, 0.2) is 5.78 Å². The third kappa shape index (κ3) is 1.16. The molecule has 0 saturated heterocycles. The number of ketones is 1. The number of aromatic hydroxyl groups is 1. The van der Waals surface area contributed by atoms with Crippen LogP contribution in [0, 0.1) is 6.92 Å². The van der Waals surface area contributed by atoms with Gasteiger partial charge in [-0.05, 0) is 19.1 Å². The van der Waals surface area contributed by atoms with Gasteiger partial charge in [-0.2, -0.15) is 0 Å². The van der Waals surface area contributed by atoms with E-state index in [4.69, 9.17) is 0 Å². The maximum atomic E-state index is 11.3. The van der Waals surface area contributed by atoms with Crippen molar-refractivity contribution < 1.29 is 9.90 Å². The summed E-state index contributed by atoms with van der Waals surface area (Å²) < 4.78 is 1.60. The van der Waals surface area contributed by atoms with Gasteiger partial charge in [-0.1, -0.05) is 0 Å². The second-order valence-electron chi connectivity index (χ2n) is 3.22. The summed E-state index contributed by atoms with van der Waals surface area (Å²) in [4.78, 5) is 15.5. The second kappa shape index (κ2) is 2.83. The minimum absolute atomic E-state index is 0.0550. The van der Waals surface area contributed by atoms with Crippen molar-refractivity contribution in [2.75, 3.05) is 0 Å². The number of hydrogen-bond donors (Lipinski definition) is 1. The summed E-state index contributed by atoms with van der Waals surface area (Å²) in [5, 5.41) is 9.29. The molecule has 4 heteroatoms. The van der Waals surface area contributed by atoms with Crippen molar-refractivity contribution >= 4 is 11.4 Å². The van der Waals surface area contributed by atoms with Crippen molar-refractivity contribution in [2.24, 2.45) is 0 Å². The van der Waals surface area contributed by atoms with E-state index in [0.717, 1.165) is 0 Å². The molecule has 0 saturated carbocycles. The summed E-state index contributed by atoms with van der Waals surface area (Å²) in [6, 6.07) is 3.22. The number of pyridine rings is 1. The first-order valence-electron chi connectivity index (χ1n) is 4.28. The van der Waals surface area contributed by atoms with E-state index in [0.29, 0.717) is 17.0 Å². The standard InChI is InChI=1S/C10H10N2O2/c1-6-10(7(2)13)12-5-8(14)3-4-9(12)11-6/h3-5,14H,1-2H3. The molecule has 4 nitrogen and oxygen atoms in total. The number of aryl methyl sites for hydroxylation is 1. The number of Topliss-reactive ketones (excluding diaryl/α,β-unsaturated/α-hetero) is 1. The maximum absolute atomic E-state index is 11.3. The summed E-state index contributed by atoms with van der Waals surface area (Å²) in [5.74, 6) is 0.0676. The Morgan fingerprint density at radius 2 is 2.21 bits per heavy atom. The first kappa shape index (κ1) is 8.74. The lowest BCUT2D eigenvalue weighted by Crippen LogP contribution is -1.99. The molecule has 0 spiro atoms. The quantitative estimate of drug-likeness (QED) is 0.694. The predicted octanol–water partition coefficient (Wildman–Crippen LogP) is 1.55. The molecule has 2 rings (SSSR count). The Morgan fingerprint density at radius 3 is 2.86 bits per heavy atom. The van der Waals surface area contributed by atoms with Crippen LogP contribution in [0.1, 0.15) is 23.1 Å². The Kier molecular flexibility index (Phi) is 1.77. The van der Waals surface area contributed by atoms with E-state index in [1.54, 1.807) is 23.5 Å². The SMILES string of the molecule is CC(=O)c1c(C)nc2ccc(O)cn12. The molecule has 2 aromatic rings. The Hall–Kier alpha value is -1.84. The van der Waals surface area contributed by atoms with E-state index in [1.165, 1.54) is 13.1 Å². The number of nitrogens with zero attached hydrogens (tertiary/aromatic N) is 2. The zero-order valence-corrected chi connectivity index (χ0v) is 7.98. The average molecular weight is 190 g/mol. The molecule has 0 bridgehead atoms. The van der Waals surface area contributed by atoms with Crippen LogP contribution in [-0.2, 0) is 0 Å². The molecule has 0 aliphatic rings. The Labute approximate surface area is 80.8 Å². The number of aromatic nitrogens is 2. The first-order valence-corrected chi connectivity index (χ1v) is 4.28. The van der Waals surface area contributed by atoms with E-state index in [1.807, 2.05) is 0 Å². The van der Waals surface area contributed by atoms with E-state index >= 15 is 0 Å². The number of carbonyl (C=O) groups is 1. The summed E-state index contributed by atoms with van der Waals surface area (Å²) in [6.07, 6.45) is 1.49. The highest BCUT2D eigenvalue weighted by Gasteiger charge is 2.12. The average Bonchev–Trinajstić information content (AvgIpc) is 2.40. The highest BCUT2D eigenvalue weighted by atomic mass is 16.3. The van der Waals surface area contributed by atoms with Crippen molar-refractivity contribution in [3.8, 4) is 5.75 Å². The number of hydrogen-bond acceptors (Lipinski definition) is 3. The van der Waals surface area contributed by atoms with Gasteiger partial charge in [-0.25, -0.2) is 4.98 Å². The van der Waals surface area contributed by atoms with Crippen LogP contribution in [0.4, 0.5) is 0 Å². The van der Waals surface area contributed by atoms with Crippen molar-refractivity contribution in [3.05, 3.63) is 29.7 Å². The first-order chi connectivity index (χ1) is 6.59. The minimum atomic E-state index is -0.0550. The Balaban J connectivity index is 2.86. The van der Waals surface area contributed by atoms with Gasteiger partial charge in [0, 0.05) is 6.92 Å². The lowest BCUT2D eigenvalue weighted by atomic mass is 10.2. The van der Waals surface area contributed by atoms with Crippen molar-refractivity contribution in [3.63, 3.8) is 0 Å². The molecule has 0 atom stereocenters. The largest absolute Gasteiger partial charge is 0.506 e. The van der Waals surface area contributed by atoms with Gasteiger partial charge in [0.2, 0.25) is 0 Å². The highest BCUT2D eigenvalue weighted by Crippen LogP contribution is 2.16. The fourth-order valence-corrected chi connectivity index (χ4v) is 1.58. The zero-order chi connectivity index (χ0) is 10.3. The molecule has 0 aliphatic heterocycles. The molecule has 14 heavy (non-hydrogen) atoms. The number of fused-ring (bicyclic) bond motifs is 1. The summed E-state index contributed by atoms with van der Waals surface area (Å²) in [5.41, 5.74) is 1.88. The maximum Gasteiger partial charge on any atom is 0.178 e. The molecule has 0 aromatic carbocycles. The van der Waals surface area contributed by atoms with Crippen LogP contribution in [0.2, 0.25) is 0 Å². The number of rotatable bonds is 1. The van der Waals surface area contributed by atoms with Gasteiger partial charge in [-0.15, -0.1) is 0 Å². The molecule has 0 radical (unpaired) electrons. The molecule has 1 N–H and O–H groups in total. The third-order valence-electron chi connectivity index (χ3n) is 2.11. The molecule has 2 heterocycles. The monoisotopic (exact) mass is 190 g/mol. The van der Waals surface area contributed by atoms with Gasteiger partial charge >= 0.3 is 0 Å². The normalized spacial score (nSPS) is 10.7. The van der Waals surface area contributed by atoms with E-state index in [-0.39, 0.29) is 11.5 Å². The molecule has 2 aromatic heterocycles. The zero-order valence-electron chi connectivity index (χ0n) is 7.98. The fraction of sp³-hybridized carbons (Fsp3) is 0.200. The molecule has 0 unspecified atom stereocenters. The van der Waals surface area contributed by atoms with Crippen LogP contribution in [0.5, 0.6) is 5.75 Å². The fourth-order valence-electron chi connectivity index (χ4n) is 1.58. The Bertz CT molecular complexity index is 514. The lowest BCUT2D eigenvalue weighted by Gasteiger charge is -1.98. The summed E-state index contributed by atoms with van der Waals surface area (Å²) >= 11 is 0. The van der Waals surface area contributed by atoms with Gasteiger partial charge in [0.1, 0.15) is 17.1 Å². The number of imidazole rings is 1. The summed E-state index contributed by atoms with van der Waals surface area (Å²) in [7, 11) is 0. The van der Waals surface area contributed by atoms with Crippen LogP contribution in [-0.4, -0.2) is 20.3 Å². The van der Waals surface area contributed by atoms with Gasteiger partial charge in [0.25, 0.3) is 0 Å².